The van der Waals surface area contributed by atoms with Crippen molar-refractivity contribution in [3.05, 3.63) is 36.0 Å². The lowest BCUT2D eigenvalue weighted by molar-refractivity contribution is -0.137. The highest BCUT2D eigenvalue weighted by Gasteiger charge is 2.30. The number of halogens is 3. The first-order chi connectivity index (χ1) is 8.38. The molecular formula is C11H9F3N4. The van der Waals surface area contributed by atoms with Gasteiger partial charge in [0.05, 0.1) is 17.4 Å². The Morgan fingerprint density at radius 1 is 1.00 bits per heavy atom. The van der Waals surface area contributed by atoms with Crippen molar-refractivity contribution in [1.29, 1.82) is 0 Å². The van der Waals surface area contributed by atoms with Crippen LogP contribution in [0.25, 0.3) is 11.4 Å². The van der Waals surface area contributed by atoms with E-state index in [4.69, 9.17) is 11.5 Å². The summed E-state index contributed by atoms with van der Waals surface area (Å²) in [6.07, 6.45) is -3.05. The highest BCUT2D eigenvalue weighted by molar-refractivity contribution is 5.63. The number of anilines is 2. The molecule has 4 nitrogen and oxygen atoms in total. The minimum Gasteiger partial charge on any atom is -0.394 e. The Balaban J connectivity index is 2.37. The van der Waals surface area contributed by atoms with E-state index in [9.17, 15) is 13.2 Å². The van der Waals surface area contributed by atoms with E-state index in [1.54, 1.807) is 0 Å². The lowest BCUT2D eigenvalue weighted by atomic mass is 10.1. The molecule has 2 rings (SSSR count). The lowest BCUT2D eigenvalue weighted by Crippen LogP contribution is -2.04. The predicted molar refractivity (Wildman–Crippen MR) is 61.3 cm³/mol. The van der Waals surface area contributed by atoms with Gasteiger partial charge in [-0.1, -0.05) is 12.1 Å². The van der Waals surface area contributed by atoms with Crippen LogP contribution < -0.4 is 11.5 Å². The van der Waals surface area contributed by atoms with E-state index in [0.29, 0.717) is 5.56 Å². The van der Waals surface area contributed by atoms with Crippen LogP contribution in [-0.2, 0) is 6.18 Å². The van der Waals surface area contributed by atoms with E-state index in [-0.39, 0.29) is 17.3 Å². The second kappa shape index (κ2) is 4.17. The van der Waals surface area contributed by atoms with Crippen LogP contribution in [0.4, 0.5) is 24.7 Å². The van der Waals surface area contributed by atoms with E-state index in [2.05, 4.69) is 9.97 Å². The van der Waals surface area contributed by atoms with Gasteiger partial charge in [0.25, 0.3) is 0 Å². The molecule has 0 spiro atoms. The van der Waals surface area contributed by atoms with Gasteiger partial charge in [0.2, 0.25) is 0 Å². The number of nitrogen functional groups attached to an aromatic ring is 2. The maximum absolute atomic E-state index is 12.4. The molecule has 0 aliphatic rings. The number of nitrogens with two attached hydrogens (primary N) is 2. The number of rotatable bonds is 1. The van der Waals surface area contributed by atoms with Crippen LogP contribution in [0.2, 0.25) is 0 Å². The zero-order valence-electron chi connectivity index (χ0n) is 9.07. The van der Waals surface area contributed by atoms with Crippen molar-refractivity contribution in [2.75, 3.05) is 11.5 Å². The number of nitrogens with zero attached hydrogens (tertiary/aromatic N) is 2. The van der Waals surface area contributed by atoms with Crippen molar-refractivity contribution in [3.63, 3.8) is 0 Å². The summed E-state index contributed by atoms with van der Waals surface area (Å²) >= 11 is 0. The monoisotopic (exact) mass is 254 g/mol. The minimum atomic E-state index is -4.36. The zero-order valence-corrected chi connectivity index (χ0v) is 9.07. The molecule has 7 heteroatoms. The fourth-order valence-corrected chi connectivity index (χ4v) is 1.35. The van der Waals surface area contributed by atoms with Gasteiger partial charge in [-0.2, -0.15) is 13.2 Å². The zero-order chi connectivity index (χ0) is 13.3. The van der Waals surface area contributed by atoms with Crippen LogP contribution in [0.1, 0.15) is 5.56 Å². The molecule has 0 aliphatic heterocycles. The summed E-state index contributed by atoms with van der Waals surface area (Å²) < 4.78 is 37.1. The summed E-state index contributed by atoms with van der Waals surface area (Å²) in [6.45, 7) is 0. The first-order valence-corrected chi connectivity index (χ1v) is 4.93. The van der Waals surface area contributed by atoms with E-state index >= 15 is 0 Å². The third kappa shape index (κ3) is 2.34. The number of benzene rings is 1. The Labute approximate surface area is 100 Å². The maximum atomic E-state index is 12.4. The summed E-state index contributed by atoms with van der Waals surface area (Å²) in [5.41, 5.74) is 10.9. The van der Waals surface area contributed by atoms with Gasteiger partial charge < -0.3 is 11.5 Å². The second-order valence-corrected chi connectivity index (χ2v) is 3.61. The first-order valence-electron chi connectivity index (χ1n) is 4.93. The van der Waals surface area contributed by atoms with Gasteiger partial charge in [0, 0.05) is 5.56 Å². The molecule has 0 saturated carbocycles. The van der Waals surface area contributed by atoms with E-state index in [1.807, 2.05) is 0 Å². The molecule has 0 fully saturated rings. The Morgan fingerprint density at radius 3 is 2.11 bits per heavy atom. The topological polar surface area (TPSA) is 77.8 Å². The van der Waals surface area contributed by atoms with Gasteiger partial charge in [-0.15, -0.1) is 0 Å². The number of alkyl halides is 3. The summed E-state index contributed by atoms with van der Waals surface area (Å²) in [4.78, 5) is 7.80. The molecule has 2 aromatic rings. The summed E-state index contributed by atoms with van der Waals surface area (Å²) in [7, 11) is 0. The standard InChI is InChI=1S/C11H9F3N4/c12-11(13,14)7-3-1-6(2-4-7)10-17-5-8(15)9(16)18-10/h1-5H,15H2,(H2,16,17,18). The Morgan fingerprint density at radius 2 is 1.61 bits per heavy atom. The van der Waals surface area contributed by atoms with Gasteiger partial charge in [-0.25, -0.2) is 9.97 Å². The normalized spacial score (nSPS) is 11.5. The summed E-state index contributed by atoms with van der Waals surface area (Å²) in [5, 5.41) is 0. The fourth-order valence-electron chi connectivity index (χ4n) is 1.35. The van der Waals surface area contributed by atoms with Crippen LogP contribution in [0.15, 0.2) is 30.5 Å². The van der Waals surface area contributed by atoms with Crippen molar-refractivity contribution < 1.29 is 13.2 Å². The Bertz CT molecular complexity index is 563. The van der Waals surface area contributed by atoms with Crippen LogP contribution in [0, 0.1) is 0 Å². The molecule has 0 radical (unpaired) electrons. The number of hydrogen-bond acceptors (Lipinski definition) is 4. The molecule has 1 aromatic heterocycles. The quantitative estimate of drug-likeness (QED) is 0.818. The molecule has 4 N–H and O–H groups in total. The van der Waals surface area contributed by atoms with Crippen LogP contribution in [-0.4, -0.2) is 9.97 Å². The van der Waals surface area contributed by atoms with Crippen LogP contribution >= 0.6 is 0 Å². The molecule has 0 aliphatic carbocycles. The van der Waals surface area contributed by atoms with Crippen molar-refractivity contribution in [2.45, 2.75) is 6.18 Å². The van der Waals surface area contributed by atoms with E-state index in [1.165, 1.54) is 18.3 Å². The third-order valence-corrected chi connectivity index (χ3v) is 2.32. The molecule has 0 bridgehead atoms. The van der Waals surface area contributed by atoms with Gasteiger partial charge >= 0.3 is 6.18 Å². The second-order valence-electron chi connectivity index (χ2n) is 3.61. The van der Waals surface area contributed by atoms with Gasteiger partial charge in [-0.3, -0.25) is 0 Å². The molecule has 0 unspecified atom stereocenters. The first kappa shape index (κ1) is 12.2. The maximum Gasteiger partial charge on any atom is 0.416 e. The average Bonchev–Trinajstić information content (AvgIpc) is 2.32. The lowest BCUT2D eigenvalue weighted by Gasteiger charge is -2.07. The molecule has 0 saturated heterocycles. The van der Waals surface area contributed by atoms with Crippen molar-refractivity contribution in [2.24, 2.45) is 0 Å². The van der Waals surface area contributed by atoms with Crippen molar-refractivity contribution >= 4 is 11.5 Å². The van der Waals surface area contributed by atoms with Crippen LogP contribution in [0.3, 0.4) is 0 Å². The highest BCUT2D eigenvalue weighted by Crippen LogP contribution is 2.30. The smallest absolute Gasteiger partial charge is 0.394 e. The minimum absolute atomic E-state index is 0.0971. The van der Waals surface area contributed by atoms with Crippen LogP contribution in [0.5, 0.6) is 0 Å². The van der Waals surface area contributed by atoms with Crippen molar-refractivity contribution in [3.8, 4) is 11.4 Å². The van der Waals surface area contributed by atoms with Gasteiger partial charge in [-0.05, 0) is 12.1 Å². The largest absolute Gasteiger partial charge is 0.416 e. The Hall–Kier alpha value is -2.31. The fraction of sp³-hybridized carbons (Fsp3) is 0.0909. The molecule has 18 heavy (non-hydrogen) atoms. The molecular weight excluding hydrogens is 245 g/mol. The van der Waals surface area contributed by atoms with Crippen molar-refractivity contribution in [1.82, 2.24) is 9.97 Å². The molecule has 0 amide bonds. The molecule has 0 atom stereocenters. The summed E-state index contributed by atoms with van der Waals surface area (Å²) in [6, 6.07) is 4.50. The molecule has 1 aromatic carbocycles. The van der Waals surface area contributed by atoms with E-state index < -0.39 is 11.7 Å². The third-order valence-electron chi connectivity index (χ3n) is 2.32. The van der Waals surface area contributed by atoms with Gasteiger partial charge in [0.1, 0.15) is 0 Å². The SMILES string of the molecule is Nc1cnc(-c2ccc(C(F)(F)F)cc2)nc1N. The van der Waals surface area contributed by atoms with Gasteiger partial charge in [0.15, 0.2) is 11.6 Å². The molecule has 94 valence electrons. The Kier molecular flexibility index (Phi) is 2.82. The number of hydrogen-bond donors (Lipinski definition) is 2. The highest BCUT2D eigenvalue weighted by atomic mass is 19.4. The number of aromatic nitrogens is 2. The summed E-state index contributed by atoms with van der Waals surface area (Å²) in [5.74, 6) is 0.329. The van der Waals surface area contributed by atoms with E-state index in [0.717, 1.165) is 12.1 Å². The average molecular weight is 254 g/mol. The molecule has 1 heterocycles. The predicted octanol–water partition coefficient (Wildman–Crippen LogP) is 2.33.